The van der Waals surface area contributed by atoms with Gasteiger partial charge in [0.1, 0.15) is 11.6 Å². The second-order valence-electron chi connectivity index (χ2n) is 4.56. The third kappa shape index (κ3) is 3.25. The smallest absolute Gasteiger partial charge is 0.203 e. The fraction of sp³-hybridized carbons (Fsp3) is 0.188. The number of Topliss-reactive ketones (excluding diaryl/α,β-unsaturated/α-hetero) is 1. The maximum Gasteiger partial charge on any atom is 0.203 e. The number of rotatable bonds is 4. The first-order chi connectivity index (χ1) is 9.49. The van der Waals surface area contributed by atoms with Crippen molar-refractivity contribution in [2.45, 2.75) is 13.8 Å². The van der Waals surface area contributed by atoms with Crippen molar-refractivity contribution in [3.05, 3.63) is 63.4 Å². The van der Waals surface area contributed by atoms with Crippen molar-refractivity contribution in [1.82, 2.24) is 0 Å². The van der Waals surface area contributed by atoms with Crippen molar-refractivity contribution < 1.29 is 13.9 Å². The lowest BCUT2D eigenvalue weighted by Crippen LogP contribution is -2.13. The number of carbonyl (C=O) groups excluding carboxylic acids is 1. The van der Waals surface area contributed by atoms with Crippen LogP contribution in [-0.2, 0) is 0 Å². The lowest BCUT2D eigenvalue weighted by molar-refractivity contribution is 0.0917. The van der Waals surface area contributed by atoms with Crippen LogP contribution >= 0.6 is 15.9 Å². The van der Waals surface area contributed by atoms with Gasteiger partial charge in [-0.3, -0.25) is 4.79 Å². The molecule has 0 aliphatic heterocycles. The fourth-order valence-electron chi connectivity index (χ4n) is 1.90. The van der Waals surface area contributed by atoms with Crippen LogP contribution in [-0.4, -0.2) is 12.4 Å². The largest absolute Gasteiger partial charge is 0.485 e. The van der Waals surface area contributed by atoms with Gasteiger partial charge in [-0.1, -0.05) is 28.1 Å². The number of carbonyl (C=O) groups is 1. The molecule has 0 aliphatic rings. The monoisotopic (exact) mass is 336 g/mol. The van der Waals surface area contributed by atoms with E-state index in [1.807, 2.05) is 26.0 Å². The summed E-state index contributed by atoms with van der Waals surface area (Å²) in [5.41, 5.74) is 2.11. The first-order valence-corrected chi connectivity index (χ1v) is 6.95. The minimum absolute atomic E-state index is 0.0538. The van der Waals surface area contributed by atoms with Crippen molar-refractivity contribution >= 4 is 21.7 Å². The predicted molar refractivity (Wildman–Crippen MR) is 79.8 cm³/mol. The lowest BCUT2D eigenvalue weighted by atomic mass is 10.1. The van der Waals surface area contributed by atoms with Crippen molar-refractivity contribution in [1.29, 1.82) is 0 Å². The molecule has 0 fully saturated rings. The van der Waals surface area contributed by atoms with Crippen LogP contribution in [0.25, 0.3) is 0 Å². The molecule has 0 spiro atoms. The summed E-state index contributed by atoms with van der Waals surface area (Å²) >= 11 is 3.47. The molecule has 0 amide bonds. The molecular formula is C16H14BrFO2. The average molecular weight is 337 g/mol. The van der Waals surface area contributed by atoms with E-state index >= 15 is 0 Å². The highest BCUT2D eigenvalue weighted by Crippen LogP contribution is 2.26. The zero-order valence-corrected chi connectivity index (χ0v) is 12.8. The highest BCUT2D eigenvalue weighted by molar-refractivity contribution is 9.10. The molecule has 0 saturated carbocycles. The van der Waals surface area contributed by atoms with E-state index in [9.17, 15) is 9.18 Å². The number of halogens is 2. The molecule has 20 heavy (non-hydrogen) atoms. The third-order valence-electron chi connectivity index (χ3n) is 2.95. The van der Waals surface area contributed by atoms with Crippen molar-refractivity contribution in [2.75, 3.05) is 6.61 Å². The van der Waals surface area contributed by atoms with E-state index in [4.69, 9.17) is 4.74 Å². The first kappa shape index (κ1) is 14.7. The first-order valence-electron chi connectivity index (χ1n) is 6.16. The maximum atomic E-state index is 13.5. The zero-order chi connectivity index (χ0) is 14.7. The normalized spacial score (nSPS) is 10.4. The number of aryl methyl sites for hydroxylation is 2. The molecule has 0 bridgehead atoms. The molecule has 0 atom stereocenters. The summed E-state index contributed by atoms with van der Waals surface area (Å²) in [6.45, 7) is 3.71. The summed E-state index contributed by atoms with van der Waals surface area (Å²) in [5.74, 6) is -0.293. The highest BCUT2D eigenvalue weighted by Gasteiger charge is 2.12. The molecule has 0 saturated heterocycles. The minimum Gasteiger partial charge on any atom is -0.485 e. The molecule has 0 N–H and O–H groups in total. The standard InChI is InChI=1S/C16H14BrFO2/c1-10-7-12(8-11(2)16(10)17)20-9-15(19)13-5-3-4-6-14(13)18/h3-8H,9H2,1-2H3. The van der Waals surface area contributed by atoms with Crippen LogP contribution in [0.1, 0.15) is 21.5 Å². The van der Waals surface area contributed by atoms with Crippen LogP contribution in [0, 0.1) is 19.7 Å². The minimum atomic E-state index is -0.524. The lowest BCUT2D eigenvalue weighted by Gasteiger charge is -2.10. The molecule has 2 rings (SSSR count). The number of benzene rings is 2. The quantitative estimate of drug-likeness (QED) is 0.770. The molecule has 0 radical (unpaired) electrons. The van der Waals surface area contributed by atoms with Gasteiger partial charge in [0.25, 0.3) is 0 Å². The Morgan fingerprint density at radius 2 is 1.80 bits per heavy atom. The van der Waals surface area contributed by atoms with Gasteiger partial charge in [0, 0.05) is 4.47 Å². The van der Waals surface area contributed by atoms with Gasteiger partial charge < -0.3 is 4.74 Å². The van der Waals surface area contributed by atoms with Gasteiger partial charge in [-0.15, -0.1) is 0 Å². The number of ether oxygens (including phenoxy) is 1. The molecule has 4 heteroatoms. The SMILES string of the molecule is Cc1cc(OCC(=O)c2ccccc2F)cc(C)c1Br. The van der Waals surface area contributed by atoms with Crippen LogP contribution in [0.3, 0.4) is 0 Å². The molecule has 0 heterocycles. The summed E-state index contributed by atoms with van der Waals surface area (Å²) in [6, 6.07) is 9.58. The molecule has 2 aromatic carbocycles. The van der Waals surface area contributed by atoms with Crippen LogP contribution < -0.4 is 4.74 Å². The molecule has 2 nitrogen and oxygen atoms in total. The third-order valence-corrected chi connectivity index (χ3v) is 4.20. The Kier molecular flexibility index (Phi) is 4.55. The van der Waals surface area contributed by atoms with Gasteiger partial charge in [0.05, 0.1) is 5.56 Å². The molecule has 2 aromatic rings. The van der Waals surface area contributed by atoms with E-state index in [-0.39, 0.29) is 18.0 Å². The van der Waals surface area contributed by atoms with E-state index in [0.717, 1.165) is 15.6 Å². The molecule has 0 aromatic heterocycles. The number of hydrogen-bond donors (Lipinski definition) is 0. The summed E-state index contributed by atoms with van der Waals surface area (Å²) in [5, 5.41) is 0. The zero-order valence-electron chi connectivity index (χ0n) is 11.2. The number of ketones is 1. The van der Waals surface area contributed by atoms with Gasteiger partial charge in [0.2, 0.25) is 5.78 Å². The van der Waals surface area contributed by atoms with E-state index in [0.29, 0.717) is 5.75 Å². The topological polar surface area (TPSA) is 26.3 Å². The molecular weight excluding hydrogens is 323 g/mol. The Labute approximate surface area is 125 Å². The van der Waals surface area contributed by atoms with Crippen LogP contribution in [0.4, 0.5) is 4.39 Å². The Bertz CT molecular complexity index is 630. The fourth-order valence-corrected chi connectivity index (χ4v) is 2.13. The van der Waals surface area contributed by atoms with Gasteiger partial charge >= 0.3 is 0 Å². The Morgan fingerprint density at radius 3 is 2.40 bits per heavy atom. The summed E-state index contributed by atoms with van der Waals surface area (Å²) in [4.78, 5) is 11.9. The van der Waals surface area contributed by atoms with E-state index in [1.165, 1.54) is 12.1 Å². The van der Waals surface area contributed by atoms with Crippen molar-refractivity contribution in [3.63, 3.8) is 0 Å². The van der Waals surface area contributed by atoms with E-state index in [1.54, 1.807) is 12.1 Å². The molecule has 0 unspecified atom stereocenters. The van der Waals surface area contributed by atoms with Crippen LogP contribution in [0.5, 0.6) is 5.75 Å². The Hall–Kier alpha value is -1.68. The van der Waals surface area contributed by atoms with E-state index < -0.39 is 5.82 Å². The Balaban J connectivity index is 2.10. The Morgan fingerprint density at radius 1 is 1.20 bits per heavy atom. The molecule has 0 aliphatic carbocycles. The van der Waals surface area contributed by atoms with Gasteiger partial charge in [0.15, 0.2) is 6.61 Å². The highest BCUT2D eigenvalue weighted by atomic mass is 79.9. The van der Waals surface area contributed by atoms with Gasteiger partial charge in [-0.05, 0) is 49.2 Å². The summed E-state index contributed by atoms with van der Waals surface area (Å²) < 4.78 is 19.9. The summed E-state index contributed by atoms with van der Waals surface area (Å²) in [7, 11) is 0. The molecule has 104 valence electrons. The number of hydrogen-bond acceptors (Lipinski definition) is 2. The van der Waals surface area contributed by atoms with E-state index in [2.05, 4.69) is 15.9 Å². The van der Waals surface area contributed by atoms with Gasteiger partial charge in [-0.2, -0.15) is 0 Å². The van der Waals surface area contributed by atoms with Crippen molar-refractivity contribution in [3.8, 4) is 5.75 Å². The summed E-state index contributed by atoms with van der Waals surface area (Å²) in [6.07, 6.45) is 0. The average Bonchev–Trinajstić information content (AvgIpc) is 2.42. The second kappa shape index (κ2) is 6.18. The van der Waals surface area contributed by atoms with Crippen molar-refractivity contribution in [2.24, 2.45) is 0 Å². The second-order valence-corrected chi connectivity index (χ2v) is 5.36. The predicted octanol–water partition coefficient (Wildman–Crippen LogP) is 4.47. The van der Waals surface area contributed by atoms with Crippen LogP contribution in [0.2, 0.25) is 0 Å². The van der Waals surface area contributed by atoms with Crippen LogP contribution in [0.15, 0.2) is 40.9 Å². The maximum absolute atomic E-state index is 13.5. The van der Waals surface area contributed by atoms with Gasteiger partial charge in [-0.25, -0.2) is 4.39 Å².